The van der Waals surface area contributed by atoms with Crippen molar-refractivity contribution in [2.45, 2.75) is 38.0 Å². The highest BCUT2D eigenvalue weighted by atomic mass is 16.1. The predicted molar refractivity (Wildman–Crippen MR) is 74.0 cm³/mol. The van der Waals surface area contributed by atoms with Crippen molar-refractivity contribution >= 4 is 0 Å². The van der Waals surface area contributed by atoms with E-state index in [0.717, 1.165) is 29.4 Å². The van der Waals surface area contributed by atoms with E-state index in [0.29, 0.717) is 5.92 Å². The van der Waals surface area contributed by atoms with Crippen LogP contribution in [0.3, 0.4) is 0 Å². The van der Waals surface area contributed by atoms with Crippen molar-refractivity contribution in [2.75, 3.05) is 0 Å². The number of hydrogen-bond donors (Lipinski definition) is 0. The van der Waals surface area contributed by atoms with Gasteiger partial charge in [0, 0.05) is 13.0 Å². The SMILES string of the molecule is Cn1nc(C2C3CC4CC(C3)CC2C4)cc(C#N)c1=O. The fourth-order valence-corrected chi connectivity index (χ4v) is 5.28. The number of aryl methyl sites for hydroxylation is 1. The molecule has 0 saturated heterocycles. The van der Waals surface area contributed by atoms with E-state index < -0.39 is 0 Å². The lowest BCUT2D eigenvalue weighted by Crippen LogP contribution is -2.44. The van der Waals surface area contributed by atoms with Crippen molar-refractivity contribution in [3.8, 4) is 6.07 Å². The largest absolute Gasteiger partial charge is 0.284 e. The minimum Gasteiger partial charge on any atom is -0.266 e. The summed E-state index contributed by atoms with van der Waals surface area (Å²) in [5.41, 5.74) is 0.948. The standard InChI is InChI=1S/C16H19N3O/c1-19-16(20)13(8-17)7-14(18-19)15-11-3-9-2-10(5-11)6-12(15)4-9/h7,9-12,15H,2-6H2,1H3. The third-order valence-electron chi connectivity index (χ3n) is 5.77. The zero-order valence-electron chi connectivity index (χ0n) is 11.7. The molecule has 104 valence electrons. The summed E-state index contributed by atoms with van der Waals surface area (Å²) >= 11 is 0. The van der Waals surface area contributed by atoms with Crippen molar-refractivity contribution in [1.29, 1.82) is 5.26 Å². The summed E-state index contributed by atoms with van der Waals surface area (Å²) in [5.74, 6) is 3.78. The molecule has 0 spiro atoms. The number of nitrogens with zero attached hydrogens (tertiary/aromatic N) is 3. The lowest BCUT2D eigenvalue weighted by atomic mass is 9.51. The van der Waals surface area contributed by atoms with Crippen molar-refractivity contribution < 1.29 is 0 Å². The molecule has 4 heteroatoms. The fourth-order valence-electron chi connectivity index (χ4n) is 5.28. The monoisotopic (exact) mass is 269 g/mol. The summed E-state index contributed by atoms with van der Waals surface area (Å²) in [6.45, 7) is 0. The average Bonchev–Trinajstić information content (AvgIpc) is 2.41. The van der Waals surface area contributed by atoms with Crippen LogP contribution in [0.1, 0.15) is 49.3 Å². The van der Waals surface area contributed by atoms with Gasteiger partial charge in [0.2, 0.25) is 0 Å². The van der Waals surface area contributed by atoms with Crippen LogP contribution in [0.25, 0.3) is 0 Å². The Morgan fingerprint density at radius 2 is 1.80 bits per heavy atom. The summed E-state index contributed by atoms with van der Waals surface area (Å²) in [7, 11) is 1.66. The van der Waals surface area contributed by atoms with Crippen molar-refractivity contribution in [1.82, 2.24) is 9.78 Å². The van der Waals surface area contributed by atoms with Crippen LogP contribution in [0.15, 0.2) is 10.9 Å². The van der Waals surface area contributed by atoms with E-state index >= 15 is 0 Å². The first kappa shape index (κ1) is 12.1. The molecule has 5 rings (SSSR count). The van der Waals surface area contributed by atoms with E-state index in [1.165, 1.54) is 36.8 Å². The van der Waals surface area contributed by atoms with E-state index in [2.05, 4.69) is 5.10 Å². The molecule has 1 aromatic rings. The predicted octanol–water partition coefficient (Wildman–Crippen LogP) is 2.19. The van der Waals surface area contributed by atoms with Crippen LogP contribution in [0.2, 0.25) is 0 Å². The second kappa shape index (κ2) is 4.18. The van der Waals surface area contributed by atoms with Crippen LogP contribution in [0.5, 0.6) is 0 Å². The molecule has 4 bridgehead atoms. The second-order valence-electron chi connectivity index (χ2n) is 6.98. The Morgan fingerprint density at radius 1 is 1.20 bits per heavy atom. The summed E-state index contributed by atoms with van der Waals surface area (Å²) < 4.78 is 1.35. The Hall–Kier alpha value is -1.63. The maximum atomic E-state index is 11.8. The molecule has 4 fully saturated rings. The van der Waals surface area contributed by atoms with Gasteiger partial charge in [0.05, 0.1) is 5.69 Å². The first-order valence-corrected chi connectivity index (χ1v) is 7.64. The smallest absolute Gasteiger partial charge is 0.266 e. The van der Waals surface area contributed by atoms with Gasteiger partial charge in [-0.15, -0.1) is 0 Å². The van der Waals surface area contributed by atoms with Crippen LogP contribution < -0.4 is 5.56 Å². The molecular weight excluding hydrogens is 250 g/mol. The summed E-state index contributed by atoms with van der Waals surface area (Å²) in [4.78, 5) is 11.8. The molecule has 4 nitrogen and oxygen atoms in total. The topological polar surface area (TPSA) is 58.7 Å². The first-order valence-electron chi connectivity index (χ1n) is 7.64. The molecule has 0 aromatic carbocycles. The van der Waals surface area contributed by atoms with Gasteiger partial charge in [-0.05, 0) is 61.8 Å². The molecule has 0 amide bonds. The van der Waals surface area contributed by atoms with Gasteiger partial charge in [0.1, 0.15) is 11.6 Å². The first-order chi connectivity index (χ1) is 9.65. The van der Waals surface area contributed by atoms with Crippen molar-refractivity contribution in [2.24, 2.45) is 30.7 Å². The number of hydrogen-bond acceptors (Lipinski definition) is 3. The van der Waals surface area contributed by atoms with Gasteiger partial charge >= 0.3 is 0 Å². The molecule has 4 aliphatic rings. The molecule has 0 atom stereocenters. The highest BCUT2D eigenvalue weighted by Gasteiger charge is 2.49. The summed E-state index contributed by atoms with van der Waals surface area (Å²) in [6.07, 6.45) is 6.73. The maximum absolute atomic E-state index is 11.8. The second-order valence-corrected chi connectivity index (χ2v) is 6.98. The third kappa shape index (κ3) is 1.65. The van der Waals surface area contributed by atoms with E-state index in [1.807, 2.05) is 6.07 Å². The van der Waals surface area contributed by atoms with Crippen LogP contribution in [-0.4, -0.2) is 9.78 Å². The van der Waals surface area contributed by atoms with Crippen molar-refractivity contribution in [3.05, 3.63) is 27.7 Å². The van der Waals surface area contributed by atoms with Crippen LogP contribution >= 0.6 is 0 Å². The van der Waals surface area contributed by atoms with Gasteiger partial charge < -0.3 is 0 Å². The Labute approximate surface area is 118 Å². The van der Waals surface area contributed by atoms with E-state index in [9.17, 15) is 4.79 Å². The van der Waals surface area contributed by atoms with E-state index in [-0.39, 0.29) is 11.1 Å². The van der Waals surface area contributed by atoms with Gasteiger partial charge in [0.25, 0.3) is 5.56 Å². The molecule has 0 unspecified atom stereocenters. The van der Waals surface area contributed by atoms with Gasteiger partial charge in [0.15, 0.2) is 0 Å². The normalized spacial score (nSPS) is 37.9. The molecule has 4 saturated carbocycles. The number of aromatic nitrogens is 2. The van der Waals surface area contributed by atoms with E-state index in [4.69, 9.17) is 5.26 Å². The van der Waals surface area contributed by atoms with Crippen molar-refractivity contribution in [3.63, 3.8) is 0 Å². The minimum atomic E-state index is -0.278. The highest BCUT2D eigenvalue weighted by molar-refractivity contribution is 5.29. The Balaban J connectivity index is 1.77. The lowest BCUT2D eigenvalue weighted by Gasteiger charge is -2.54. The molecule has 1 heterocycles. The summed E-state index contributed by atoms with van der Waals surface area (Å²) in [5, 5.41) is 13.6. The Bertz CT molecular complexity index is 627. The highest BCUT2D eigenvalue weighted by Crippen LogP contribution is 2.59. The van der Waals surface area contributed by atoms with Gasteiger partial charge in [-0.25, -0.2) is 4.68 Å². The van der Waals surface area contributed by atoms with E-state index in [1.54, 1.807) is 13.1 Å². The molecule has 0 N–H and O–H groups in total. The average molecular weight is 269 g/mol. The minimum absolute atomic E-state index is 0.242. The van der Waals surface area contributed by atoms with Crippen LogP contribution in [0.4, 0.5) is 0 Å². The maximum Gasteiger partial charge on any atom is 0.284 e. The summed E-state index contributed by atoms with van der Waals surface area (Å²) in [6, 6.07) is 3.78. The molecule has 0 aliphatic heterocycles. The fraction of sp³-hybridized carbons (Fsp3) is 0.688. The lowest BCUT2D eigenvalue weighted by molar-refractivity contribution is -0.00469. The Kier molecular flexibility index (Phi) is 2.54. The van der Waals surface area contributed by atoms with Crippen LogP contribution in [-0.2, 0) is 7.05 Å². The van der Waals surface area contributed by atoms with Crippen LogP contribution in [0, 0.1) is 35.0 Å². The van der Waals surface area contributed by atoms with Gasteiger partial charge in [-0.3, -0.25) is 4.79 Å². The number of rotatable bonds is 1. The zero-order chi connectivity index (χ0) is 13.9. The quantitative estimate of drug-likeness (QED) is 0.785. The molecule has 0 radical (unpaired) electrons. The molecule has 20 heavy (non-hydrogen) atoms. The third-order valence-corrected chi connectivity index (χ3v) is 5.77. The van der Waals surface area contributed by atoms with Gasteiger partial charge in [-0.2, -0.15) is 10.4 Å². The Morgan fingerprint density at radius 3 is 2.35 bits per heavy atom. The molecule has 1 aromatic heterocycles. The molecular formula is C16H19N3O. The van der Waals surface area contributed by atoms with Gasteiger partial charge in [-0.1, -0.05) is 0 Å². The zero-order valence-corrected chi connectivity index (χ0v) is 11.7. The number of nitriles is 1. The molecule has 4 aliphatic carbocycles.